The summed E-state index contributed by atoms with van der Waals surface area (Å²) in [7, 11) is 0. The Labute approximate surface area is 115 Å². The van der Waals surface area contributed by atoms with Crippen molar-refractivity contribution in [2.75, 3.05) is 19.8 Å². The Hall–Kier alpha value is -0.650. The standard InChI is InChI=1S/C14H27N3O2/c1-2-7-16-13-9-19-8-12(13)14(18)17-11-5-3-10(15)4-6-11/h10-13,16H,2-9,15H2,1H3,(H,17,18). The van der Waals surface area contributed by atoms with Gasteiger partial charge in [0.05, 0.1) is 19.1 Å². The van der Waals surface area contributed by atoms with Gasteiger partial charge in [-0.2, -0.15) is 0 Å². The molecule has 1 saturated heterocycles. The highest BCUT2D eigenvalue weighted by molar-refractivity contribution is 5.80. The number of nitrogens with two attached hydrogens (primary N) is 1. The van der Waals surface area contributed by atoms with Crippen LogP contribution >= 0.6 is 0 Å². The van der Waals surface area contributed by atoms with Crippen molar-refractivity contribution < 1.29 is 9.53 Å². The molecule has 2 unspecified atom stereocenters. The average Bonchev–Trinajstić information content (AvgIpc) is 2.87. The van der Waals surface area contributed by atoms with Crippen LogP contribution in [0.25, 0.3) is 0 Å². The predicted molar refractivity (Wildman–Crippen MR) is 74.8 cm³/mol. The number of hydrogen-bond donors (Lipinski definition) is 3. The number of amides is 1. The fourth-order valence-corrected chi connectivity index (χ4v) is 2.92. The largest absolute Gasteiger partial charge is 0.379 e. The molecule has 19 heavy (non-hydrogen) atoms. The molecule has 0 aromatic rings. The van der Waals surface area contributed by atoms with E-state index in [0.717, 1.165) is 38.6 Å². The van der Waals surface area contributed by atoms with Crippen LogP contribution in [0.15, 0.2) is 0 Å². The van der Waals surface area contributed by atoms with E-state index < -0.39 is 0 Å². The Morgan fingerprint density at radius 3 is 2.68 bits per heavy atom. The van der Waals surface area contributed by atoms with Crippen molar-refractivity contribution in [3.8, 4) is 0 Å². The molecule has 110 valence electrons. The van der Waals surface area contributed by atoms with Crippen LogP contribution in [0.5, 0.6) is 0 Å². The van der Waals surface area contributed by atoms with Crippen LogP contribution in [-0.4, -0.2) is 43.8 Å². The van der Waals surface area contributed by atoms with Crippen LogP contribution in [0, 0.1) is 5.92 Å². The lowest BCUT2D eigenvalue weighted by atomic mass is 9.91. The molecule has 0 bridgehead atoms. The Kier molecular flexibility index (Phi) is 5.60. The topological polar surface area (TPSA) is 76.4 Å². The van der Waals surface area contributed by atoms with Crippen molar-refractivity contribution in [2.24, 2.45) is 11.7 Å². The van der Waals surface area contributed by atoms with Gasteiger partial charge in [0.25, 0.3) is 0 Å². The summed E-state index contributed by atoms with van der Waals surface area (Å²) in [6, 6.07) is 0.799. The molecule has 1 aliphatic carbocycles. The molecule has 1 heterocycles. The molecule has 5 nitrogen and oxygen atoms in total. The molecule has 2 fully saturated rings. The van der Waals surface area contributed by atoms with E-state index >= 15 is 0 Å². The summed E-state index contributed by atoms with van der Waals surface area (Å²) in [5, 5.41) is 6.57. The van der Waals surface area contributed by atoms with Crippen molar-refractivity contribution in [1.29, 1.82) is 0 Å². The summed E-state index contributed by atoms with van der Waals surface area (Å²) < 4.78 is 5.45. The minimum Gasteiger partial charge on any atom is -0.379 e. The number of hydrogen-bond acceptors (Lipinski definition) is 4. The molecule has 0 aromatic heterocycles. The molecule has 0 radical (unpaired) electrons. The second-order valence-corrected chi connectivity index (χ2v) is 5.82. The minimum absolute atomic E-state index is 0.0397. The Morgan fingerprint density at radius 2 is 2.00 bits per heavy atom. The van der Waals surface area contributed by atoms with Gasteiger partial charge in [0.15, 0.2) is 0 Å². The summed E-state index contributed by atoms with van der Waals surface area (Å²) in [4.78, 5) is 12.3. The number of ether oxygens (including phenoxy) is 1. The molecular formula is C14H27N3O2. The molecule has 2 atom stereocenters. The zero-order chi connectivity index (χ0) is 13.7. The molecule has 2 rings (SSSR count). The van der Waals surface area contributed by atoms with Crippen LogP contribution in [0.1, 0.15) is 39.0 Å². The van der Waals surface area contributed by atoms with Gasteiger partial charge >= 0.3 is 0 Å². The van der Waals surface area contributed by atoms with Gasteiger partial charge in [0.1, 0.15) is 0 Å². The quantitative estimate of drug-likeness (QED) is 0.675. The zero-order valence-corrected chi connectivity index (χ0v) is 11.9. The molecule has 1 amide bonds. The Morgan fingerprint density at radius 1 is 1.26 bits per heavy atom. The number of rotatable bonds is 5. The van der Waals surface area contributed by atoms with Gasteiger partial charge in [-0.05, 0) is 38.6 Å². The first-order chi connectivity index (χ1) is 9.20. The maximum absolute atomic E-state index is 12.3. The second kappa shape index (κ2) is 7.22. The smallest absolute Gasteiger partial charge is 0.227 e. The number of nitrogens with one attached hydrogen (secondary N) is 2. The zero-order valence-electron chi connectivity index (χ0n) is 11.9. The van der Waals surface area contributed by atoms with Crippen LogP contribution in [0.2, 0.25) is 0 Å². The minimum atomic E-state index is -0.0397. The van der Waals surface area contributed by atoms with Crippen molar-refractivity contribution in [3.05, 3.63) is 0 Å². The third-order valence-corrected chi connectivity index (χ3v) is 4.19. The number of carbonyl (C=O) groups excluding carboxylic acids is 1. The van der Waals surface area contributed by atoms with E-state index in [4.69, 9.17) is 10.5 Å². The van der Waals surface area contributed by atoms with E-state index in [2.05, 4.69) is 17.6 Å². The normalized spacial score (nSPS) is 35.3. The summed E-state index contributed by atoms with van der Waals surface area (Å²) >= 11 is 0. The van der Waals surface area contributed by atoms with Gasteiger partial charge in [0, 0.05) is 18.1 Å². The predicted octanol–water partition coefficient (Wildman–Crippen LogP) is 0.387. The van der Waals surface area contributed by atoms with Crippen LogP contribution in [0.3, 0.4) is 0 Å². The van der Waals surface area contributed by atoms with Crippen molar-refractivity contribution in [2.45, 2.75) is 57.2 Å². The second-order valence-electron chi connectivity index (χ2n) is 5.82. The van der Waals surface area contributed by atoms with Gasteiger partial charge in [-0.1, -0.05) is 6.92 Å². The van der Waals surface area contributed by atoms with Gasteiger partial charge < -0.3 is 21.1 Å². The van der Waals surface area contributed by atoms with Crippen molar-refractivity contribution in [3.63, 3.8) is 0 Å². The van der Waals surface area contributed by atoms with E-state index in [1.165, 1.54) is 0 Å². The molecule has 0 aromatic carbocycles. The van der Waals surface area contributed by atoms with Crippen molar-refractivity contribution in [1.82, 2.24) is 10.6 Å². The molecule has 1 saturated carbocycles. The summed E-state index contributed by atoms with van der Waals surface area (Å²) in [5.41, 5.74) is 5.88. The fourth-order valence-electron chi connectivity index (χ4n) is 2.92. The van der Waals surface area contributed by atoms with E-state index in [1.54, 1.807) is 0 Å². The highest BCUT2D eigenvalue weighted by atomic mass is 16.5. The molecule has 5 heteroatoms. The summed E-state index contributed by atoms with van der Waals surface area (Å²) in [6.07, 6.45) is 5.12. The SMILES string of the molecule is CCCNC1COCC1C(=O)NC1CCC(N)CC1. The summed E-state index contributed by atoms with van der Waals surface area (Å²) in [6.45, 7) is 4.26. The van der Waals surface area contributed by atoms with Crippen molar-refractivity contribution >= 4 is 5.91 Å². The monoisotopic (exact) mass is 269 g/mol. The van der Waals surface area contributed by atoms with E-state index in [1.807, 2.05) is 0 Å². The lowest BCUT2D eigenvalue weighted by Crippen LogP contribution is -2.48. The van der Waals surface area contributed by atoms with Crippen LogP contribution in [-0.2, 0) is 9.53 Å². The van der Waals surface area contributed by atoms with E-state index in [9.17, 15) is 4.79 Å². The third kappa shape index (κ3) is 4.16. The van der Waals surface area contributed by atoms with Gasteiger partial charge in [-0.25, -0.2) is 0 Å². The van der Waals surface area contributed by atoms with Gasteiger partial charge in [0.2, 0.25) is 5.91 Å². The average molecular weight is 269 g/mol. The van der Waals surface area contributed by atoms with Crippen LogP contribution < -0.4 is 16.4 Å². The maximum atomic E-state index is 12.3. The Balaban J connectivity index is 1.78. The lowest BCUT2D eigenvalue weighted by molar-refractivity contribution is -0.126. The highest BCUT2D eigenvalue weighted by Crippen LogP contribution is 2.19. The van der Waals surface area contributed by atoms with E-state index in [0.29, 0.717) is 25.3 Å². The molecule has 1 aliphatic heterocycles. The molecule has 0 spiro atoms. The summed E-state index contributed by atoms with van der Waals surface area (Å²) in [5.74, 6) is 0.105. The van der Waals surface area contributed by atoms with Gasteiger partial charge in [-0.15, -0.1) is 0 Å². The van der Waals surface area contributed by atoms with Gasteiger partial charge in [-0.3, -0.25) is 4.79 Å². The Bertz CT molecular complexity index is 290. The first kappa shape index (κ1) is 14.8. The fraction of sp³-hybridized carbons (Fsp3) is 0.929. The van der Waals surface area contributed by atoms with E-state index in [-0.39, 0.29) is 17.9 Å². The molecular weight excluding hydrogens is 242 g/mol. The molecule has 4 N–H and O–H groups in total. The highest BCUT2D eigenvalue weighted by Gasteiger charge is 2.34. The molecule has 2 aliphatic rings. The number of carbonyl (C=O) groups is 1. The lowest BCUT2D eigenvalue weighted by Gasteiger charge is -2.28. The first-order valence-corrected chi connectivity index (χ1v) is 7.57. The van der Waals surface area contributed by atoms with Crippen LogP contribution in [0.4, 0.5) is 0 Å². The third-order valence-electron chi connectivity index (χ3n) is 4.19. The first-order valence-electron chi connectivity index (χ1n) is 7.57. The maximum Gasteiger partial charge on any atom is 0.227 e.